The molecular weight excluding hydrogens is 330 g/mol. The number of halogens is 1. The van der Waals surface area contributed by atoms with E-state index in [0.29, 0.717) is 10.5 Å². The number of aromatic nitrogens is 1. The van der Waals surface area contributed by atoms with Gasteiger partial charge in [0.1, 0.15) is 5.03 Å². The van der Waals surface area contributed by atoms with Crippen LogP contribution in [0.15, 0.2) is 66.2 Å². The summed E-state index contributed by atoms with van der Waals surface area (Å²) in [7, 11) is -3.49. The maximum absolute atomic E-state index is 12.6. The summed E-state index contributed by atoms with van der Waals surface area (Å²) in [6.07, 6.45) is 1.40. The molecule has 0 saturated heterocycles. The Kier molecular flexibility index (Phi) is 4.04. The number of fused-ring (bicyclic) bond motifs is 1. The zero-order valence-corrected chi connectivity index (χ0v) is 14.2. The Balaban J connectivity index is 2.41. The number of hydrogen-bond donors (Lipinski definition) is 0. The number of sulfone groups is 1. The zero-order chi connectivity index (χ0) is 16.6. The lowest BCUT2D eigenvalue weighted by Crippen LogP contribution is -2.10. The lowest BCUT2D eigenvalue weighted by Gasteiger charge is -2.12. The molecule has 0 aliphatic carbocycles. The SMILES string of the molecule is C=CCS(=O)(=O)c1cc2cccc(Cl)c2n1-c1ccc(C)cc1. The Morgan fingerprint density at radius 3 is 2.52 bits per heavy atom. The summed E-state index contributed by atoms with van der Waals surface area (Å²) in [5, 5.41) is 1.54. The van der Waals surface area contributed by atoms with E-state index in [1.165, 1.54) is 6.08 Å². The van der Waals surface area contributed by atoms with Gasteiger partial charge in [-0.15, -0.1) is 6.58 Å². The van der Waals surface area contributed by atoms with Gasteiger partial charge >= 0.3 is 0 Å². The second-order valence-electron chi connectivity index (χ2n) is 5.40. The van der Waals surface area contributed by atoms with E-state index in [4.69, 9.17) is 11.6 Å². The average Bonchev–Trinajstić information content (AvgIpc) is 2.90. The average molecular weight is 346 g/mol. The second kappa shape index (κ2) is 5.87. The van der Waals surface area contributed by atoms with Gasteiger partial charge in [-0.1, -0.05) is 47.5 Å². The molecule has 0 aliphatic heterocycles. The monoisotopic (exact) mass is 345 g/mol. The molecule has 0 radical (unpaired) electrons. The van der Waals surface area contributed by atoms with E-state index < -0.39 is 9.84 Å². The molecule has 0 N–H and O–H groups in total. The molecule has 2 aromatic carbocycles. The molecule has 3 rings (SSSR count). The fraction of sp³-hybridized carbons (Fsp3) is 0.111. The van der Waals surface area contributed by atoms with Crippen LogP contribution in [0.3, 0.4) is 0 Å². The lowest BCUT2D eigenvalue weighted by molar-refractivity contribution is 0.593. The molecule has 0 saturated carbocycles. The normalized spacial score (nSPS) is 11.7. The first-order valence-corrected chi connectivity index (χ1v) is 9.18. The van der Waals surface area contributed by atoms with E-state index in [9.17, 15) is 8.42 Å². The van der Waals surface area contributed by atoms with Gasteiger partial charge in [0, 0.05) is 11.1 Å². The van der Waals surface area contributed by atoms with Crippen LogP contribution < -0.4 is 0 Å². The third-order valence-electron chi connectivity index (χ3n) is 3.69. The fourth-order valence-corrected chi connectivity index (χ4v) is 4.14. The van der Waals surface area contributed by atoms with Crippen molar-refractivity contribution in [1.29, 1.82) is 0 Å². The lowest BCUT2D eigenvalue weighted by atomic mass is 10.2. The highest BCUT2D eigenvalue weighted by Gasteiger charge is 2.22. The van der Waals surface area contributed by atoms with Crippen LogP contribution in [-0.2, 0) is 9.84 Å². The van der Waals surface area contributed by atoms with Gasteiger partial charge in [0.25, 0.3) is 0 Å². The summed E-state index contributed by atoms with van der Waals surface area (Å²) in [5.74, 6) is -0.118. The summed E-state index contributed by atoms with van der Waals surface area (Å²) in [4.78, 5) is 0. The first kappa shape index (κ1) is 15.8. The Hall–Kier alpha value is -2.04. The standard InChI is InChI=1S/C18H16ClNO2S/c1-3-11-23(21,22)17-12-14-5-4-6-16(19)18(14)20(17)15-9-7-13(2)8-10-15/h3-10,12H,1,11H2,2H3. The molecule has 0 aliphatic rings. The number of benzene rings is 2. The Morgan fingerprint density at radius 1 is 1.17 bits per heavy atom. The van der Waals surface area contributed by atoms with Crippen LogP contribution in [0.4, 0.5) is 0 Å². The van der Waals surface area contributed by atoms with Gasteiger partial charge in [-0.2, -0.15) is 0 Å². The van der Waals surface area contributed by atoms with Crippen LogP contribution in [0.2, 0.25) is 5.02 Å². The number of hydrogen-bond acceptors (Lipinski definition) is 2. The summed E-state index contributed by atoms with van der Waals surface area (Å²) in [6.45, 7) is 5.53. The van der Waals surface area contributed by atoms with Crippen molar-refractivity contribution in [1.82, 2.24) is 4.57 Å². The van der Waals surface area contributed by atoms with Crippen molar-refractivity contribution in [3.8, 4) is 5.69 Å². The third-order valence-corrected chi connectivity index (χ3v) is 5.61. The van der Waals surface area contributed by atoms with Gasteiger partial charge in [-0.3, -0.25) is 4.57 Å². The highest BCUT2D eigenvalue weighted by molar-refractivity contribution is 7.91. The van der Waals surface area contributed by atoms with Crippen LogP contribution in [-0.4, -0.2) is 18.7 Å². The van der Waals surface area contributed by atoms with Crippen molar-refractivity contribution in [2.45, 2.75) is 11.9 Å². The van der Waals surface area contributed by atoms with E-state index >= 15 is 0 Å². The molecular formula is C18H16ClNO2S. The van der Waals surface area contributed by atoms with Crippen molar-refractivity contribution in [2.24, 2.45) is 0 Å². The van der Waals surface area contributed by atoms with Crippen LogP contribution in [0.25, 0.3) is 16.6 Å². The van der Waals surface area contributed by atoms with Gasteiger partial charge < -0.3 is 0 Å². The van der Waals surface area contributed by atoms with Crippen LogP contribution in [0.1, 0.15) is 5.56 Å². The van der Waals surface area contributed by atoms with Crippen molar-refractivity contribution in [2.75, 3.05) is 5.75 Å². The van der Waals surface area contributed by atoms with Gasteiger partial charge in [-0.25, -0.2) is 8.42 Å². The summed E-state index contributed by atoms with van der Waals surface area (Å²) in [6, 6.07) is 14.8. The molecule has 0 amide bonds. The van der Waals surface area contributed by atoms with Gasteiger partial charge in [0.15, 0.2) is 9.84 Å². The maximum Gasteiger partial charge on any atom is 0.197 e. The van der Waals surface area contributed by atoms with Crippen molar-refractivity contribution in [3.63, 3.8) is 0 Å². The van der Waals surface area contributed by atoms with Crippen molar-refractivity contribution < 1.29 is 8.42 Å². The molecule has 0 atom stereocenters. The minimum atomic E-state index is -3.49. The van der Waals surface area contributed by atoms with E-state index in [1.54, 1.807) is 16.7 Å². The molecule has 118 valence electrons. The summed E-state index contributed by atoms with van der Waals surface area (Å²) < 4.78 is 27.0. The molecule has 0 bridgehead atoms. The number of aryl methyl sites for hydroxylation is 1. The van der Waals surface area contributed by atoms with E-state index in [2.05, 4.69) is 6.58 Å². The van der Waals surface area contributed by atoms with Crippen LogP contribution in [0.5, 0.6) is 0 Å². The van der Waals surface area contributed by atoms with Gasteiger partial charge in [0.2, 0.25) is 0 Å². The topological polar surface area (TPSA) is 39.1 Å². The molecule has 1 aromatic heterocycles. The largest absolute Gasteiger partial charge is 0.299 e. The first-order chi connectivity index (χ1) is 10.9. The summed E-state index contributed by atoms with van der Waals surface area (Å²) in [5.41, 5.74) is 2.56. The first-order valence-electron chi connectivity index (χ1n) is 7.15. The molecule has 0 unspecified atom stereocenters. The highest BCUT2D eigenvalue weighted by atomic mass is 35.5. The molecule has 5 heteroatoms. The predicted molar refractivity (Wildman–Crippen MR) is 95.3 cm³/mol. The molecule has 1 heterocycles. The maximum atomic E-state index is 12.6. The molecule has 0 spiro atoms. The fourth-order valence-electron chi connectivity index (χ4n) is 2.61. The molecule has 3 nitrogen and oxygen atoms in total. The van der Waals surface area contributed by atoms with Gasteiger partial charge in [-0.05, 0) is 31.2 Å². The zero-order valence-electron chi connectivity index (χ0n) is 12.7. The Morgan fingerprint density at radius 2 is 1.87 bits per heavy atom. The molecule has 23 heavy (non-hydrogen) atoms. The minimum absolute atomic E-state index is 0.118. The van der Waals surface area contributed by atoms with Gasteiger partial charge in [0.05, 0.1) is 16.3 Å². The van der Waals surface area contributed by atoms with Crippen LogP contribution >= 0.6 is 11.6 Å². The summed E-state index contributed by atoms with van der Waals surface area (Å²) >= 11 is 6.35. The third kappa shape index (κ3) is 2.80. The number of nitrogens with zero attached hydrogens (tertiary/aromatic N) is 1. The highest BCUT2D eigenvalue weighted by Crippen LogP contribution is 2.32. The van der Waals surface area contributed by atoms with E-state index in [-0.39, 0.29) is 10.8 Å². The Bertz CT molecular complexity index is 986. The van der Waals surface area contributed by atoms with Crippen LogP contribution in [0, 0.1) is 6.92 Å². The quantitative estimate of drug-likeness (QED) is 0.650. The van der Waals surface area contributed by atoms with E-state index in [0.717, 1.165) is 16.6 Å². The minimum Gasteiger partial charge on any atom is -0.299 e. The Labute approximate surface area is 140 Å². The predicted octanol–water partition coefficient (Wildman–Crippen LogP) is 4.55. The number of rotatable bonds is 4. The van der Waals surface area contributed by atoms with Crippen molar-refractivity contribution >= 4 is 32.3 Å². The van der Waals surface area contributed by atoms with Crippen molar-refractivity contribution in [3.05, 3.63) is 71.8 Å². The van der Waals surface area contributed by atoms with E-state index in [1.807, 2.05) is 43.3 Å². The number of para-hydroxylation sites is 1. The second-order valence-corrected chi connectivity index (χ2v) is 7.79. The molecule has 0 fully saturated rings. The smallest absolute Gasteiger partial charge is 0.197 e. The molecule has 3 aromatic rings.